The van der Waals surface area contributed by atoms with Crippen molar-refractivity contribution in [3.63, 3.8) is 0 Å². The monoisotopic (exact) mass is 270 g/mol. The van der Waals surface area contributed by atoms with Crippen LogP contribution in [0.2, 0.25) is 0 Å². The first-order valence-electron chi connectivity index (χ1n) is 5.75. The van der Waals surface area contributed by atoms with Gasteiger partial charge in [-0.3, -0.25) is 4.79 Å². The van der Waals surface area contributed by atoms with Gasteiger partial charge in [-0.1, -0.05) is 0 Å². The van der Waals surface area contributed by atoms with E-state index in [4.69, 9.17) is 4.74 Å². The van der Waals surface area contributed by atoms with Gasteiger partial charge in [-0.25, -0.2) is 4.98 Å². The Morgan fingerprint density at radius 2 is 2.20 bits per heavy atom. The quantitative estimate of drug-likeness (QED) is 0.755. The number of hydrogen-bond donors (Lipinski definition) is 1. The van der Waals surface area contributed by atoms with Gasteiger partial charge >= 0.3 is 0 Å². The minimum Gasteiger partial charge on any atom is -0.481 e. The summed E-state index contributed by atoms with van der Waals surface area (Å²) in [6.45, 7) is 0. The third-order valence-corrected chi connectivity index (χ3v) is 2.66. The number of rotatable bonds is 3. The number of carbonyl (C=O) groups excluding carboxylic acids is 1. The van der Waals surface area contributed by atoms with E-state index in [0.29, 0.717) is 22.8 Å². The van der Waals surface area contributed by atoms with Gasteiger partial charge < -0.3 is 10.1 Å². The minimum atomic E-state index is -0.269. The minimum absolute atomic E-state index is 0.269. The van der Waals surface area contributed by atoms with Crippen molar-refractivity contribution in [3.8, 4) is 5.88 Å². The van der Waals surface area contributed by atoms with Crippen molar-refractivity contribution >= 4 is 17.2 Å². The zero-order chi connectivity index (χ0) is 13.9. The number of nitrogens with zero attached hydrogens (tertiary/aromatic N) is 5. The van der Waals surface area contributed by atoms with Crippen LogP contribution in [0.4, 0.5) is 5.69 Å². The highest BCUT2D eigenvalue weighted by molar-refractivity contribution is 6.04. The van der Waals surface area contributed by atoms with Gasteiger partial charge in [-0.15, -0.1) is 5.10 Å². The van der Waals surface area contributed by atoms with E-state index in [1.165, 1.54) is 17.8 Å². The Morgan fingerprint density at radius 1 is 1.30 bits per heavy atom. The SMILES string of the molecule is COc1ccc(NC(=O)c2ccc3nnnn3c2)cn1. The predicted molar refractivity (Wildman–Crippen MR) is 69.5 cm³/mol. The summed E-state index contributed by atoms with van der Waals surface area (Å²) in [5.41, 5.74) is 1.60. The van der Waals surface area contributed by atoms with E-state index >= 15 is 0 Å². The summed E-state index contributed by atoms with van der Waals surface area (Å²) in [6, 6.07) is 6.69. The van der Waals surface area contributed by atoms with Crippen LogP contribution in [-0.2, 0) is 0 Å². The average Bonchev–Trinajstić information content (AvgIpc) is 2.95. The van der Waals surface area contributed by atoms with Crippen molar-refractivity contribution in [2.45, 2.75) is 0 Å². The number of ether oxygens (including phenoxy) is 1. The van der Waals surface area contributed by atoms with Crippen LogP contribution < -0.4 is 10.1 Å². The van der Waals surface area contributed by atoms with E-state index in [1.807, 2.05) is 0 Å². The van der Waals surface area contributed by atoms with Gasteiger partial charge in [0.2, 0.25) is 5.88 Å². The highest BCUT2D eigenvalue weighted by atomic mass is 16.5. The Labute approximate surface area is 113 Å². The molecule has 0 unspecified atom stereocenters. The van der Waals surface area contributed by atoms with Gasteiger partial charge in [-0.05, 0) is 28.6 Å². The summed E-state index contributed by atoms with van der Waals surface area (Å²) in [7, 11) is 1.53. The normalized spacial score (nSPS) is 10.4. The molecule has 8 nitrogen and oxygen atoms in total. The van der Waals surface area contributed by atoms with E-state index in [2.05, 4.69) is 25.8 Å². The third kappa shape index (κ3) is 2.26. The highest BCUT2D eigenvalue weighted by Crippen LogP contribution is 2.12. The number of pyridine rings is 2. The number of anilines is 1. The molecule has 0 saturated carbocycles. The largest absolute Gasteiger partial charge is 0.481 e. The molecule has 0 aliphatic carbocycles. The highest BCUT2D eigenvalue weighted by Gasteiger charge is 2.08. The summed E-state index contributed by atoms with van der Waals surface area (Å²) in [4.78, 5) is 16.1. The van der Waals surface area contributed by atoms with Crippen molar-refractivity contribution in [1.29, 1.82) is 0 Å². The zero-order valence-corrected chi connectivity index (χ0v) is 10.5. The molecular formula is C12H10N6O2. The molecule has 0 radical (unpaired) electrons. The zero-order valence-electron chi connectivity index (χ0n) is 10.5. The predicted octanol–water partition coefficient (Wildman–Crippen LogP) is 0.780. The second-order valence-corrected chi connectivity index (χ2v) is 3.94. The number of amides is 1. The van der Waals surface area contributed by atoms with E-state index in [1.54, 1.807) is 30.5 Å². The van der Waals surface area contributed by atoms with Crippen molar-refractivity contribution in [2.24, 2.45) is 0 Å². The van der Waals surface area contributed by atoms with Crippen molar-refractivity contribution in [3.05, 3.63) is 42.2 Å². The Hall–Kier alpha value is -3.03. The summed E-state index contributed by atoms with van der Waals surface area (Å²) in [5.74, 6) is 0.215. The molecule has 0 aromatic carbocycles. The number of aromatic nitrogens is 5. The molecule has 3 aromatic heterocycles. The number of hydrogen-bond acceptors (Lipinski definition) is 6. The van der Waals surface area contributed by atoms with Gasteiger partial charge in [0.15, 0.2) is 5.65 Å². The molecule has 0 saturated heterocycles. The fourth-order valence-electron chi connectivity index (χ4n) is 1.65. The molecule has 0 bridgehead atoms. The molecule has 0 spiro atoms. The molecule has 0 atom stereocenters. The molecule has 0 aliphatic rings. The van der Waals surface area contributed by atoms with Crippen LogP contribution in [0.15, 0.2) is 36.7 Å². The molecule has 3 rings (SSSR count). The fourth-order valence-corrected chi connectivity index (χ4v) is 1.65. The topological polar surface area (TPSA) is 94.3 Å². The smallest absolute Gasteiger partial charge is 0.257 e. The fraction of sp³-hybridized carbons (Fsp3) is 0.0833. The van der Waals surface area contributed by atoms with Crippen molar-refractivity contribution in [2.75, 3.05) is 12.4 Å². The summed E-state index contributed by atoms with van der Waals surface area (Å²) in [6.07, 6.45) is 3.08. The lowest BCUT2D eigenvalue weighted by Gasteiger charge is -2.05. The molecule has 0 fully saturated rings. The van der Waals surface area contributed by atoms with Crippen LogP contribution in [0.5, 0.6) is 5.88 Å². The van der Waals surface area contributed by atoms with Gasteiger partial charge in [0.05, 0.1) is 24.6 Å². The molecule has 0 aliphatic heterocycles. The van der Waals surface area contributed by atoms with Crippen molar-refractivity contribution < 1.29 is 9.53 Å². The molecule has 1 N–H and O–H groups in total. The Kier molecular flexibility index (Phi) is 2.96. The lowest BCUT2D eigenvalue weighted by Crippen LogP contribution is -2.13. The number of tetrazole rings is 1. The van der Waals surface area contributed by atoms with Crippen LogP contribution in [0.3, 0.4) is 0 Å². The van der Waals surface area contributed by atoms with Crippen LogP contribution in [0.1, 0.15) is 10.4 Å². The number of fused-ring (bicyclic) bond motifs is 1. The maximum atomic E-state index is 12.1. The van der Waals surface area contributed by atoms with Crippen LogP contribution in [-0.4, -0.2) is 38.0 Å². The molecule has 20 heavy (non-hydrogen) atoms. The maximum absolute atomic E-state index is 12.1. The maximum Gasteiger partial charge on any atom is 0.257 e. The molecule has 3 aromatic rings. The summed E-state index contributed by atoms with van der Waals surface area (Å²) >= 11 is 0. The van der Waals surface area contributed by atoms with E-state index in [0.717, 1.165) is 0 Å². The van der Waals surface area contributed by atoms with Crippen LogP contribution in [0.25, 0.3) is 5.65 Å². The third-order valence-electron chi connectivity index (χ3n) is 2.66. The molecule has 1 amide bonds. The molecule has 8 heteroatoms. The lowest BCUT2D eigenvalue weighted by atomic mass is 10.2. The first-order valence-corrected chi connectivity index (χ1v) is 5.75. The van der Waals surface area contributed by atoms with Crippen LogP contribution in [0, 0.1) is 0 Å². The number of carbonyl (C=O) groups is 1. The first-order chi connectivity index (χ1) is 9.76. The second kappa shape index (κ2) is 4.92. The summed E-state index contributed by atoms with van der Waals surface area (Å²) in [5, 5.41) is 13.7. The van der Waals surface area contributed by atoms with E-state index in [9.17, 15) is 4.79 Å². The van der Waals surface area contributed by atoms with Gasteiger partial charge in [0, 0.05) is 12.3 Å². The number of methoxy groups -OCH3 is 1. The summed E-state index contributed by atoms with van der Waals surface area (Å²) < 4.78 is 6.38. The van der Waals surface area contributed by atoms with Gasteiger partial charge in [0.25, 0.3) is 5.91 Å². The van der Waals surface area contributed by atoms with Crippen molar-refractivity contribution in [1.82, 2.24) is 25.0 Å². The number of nitrogens with one attached hydrogen (secondary N) is 1. The lowest BCUT2D eigenvalue weighted by molar-refractivity contribution is 0.102. The van der Waals surface area contributed by atoms with Crippen LogP contribution >= 0.6 is 0 Å². The standard InChI is InChI=1S/C12H10N6O2/c1-20-11-5-3-9(6-13-11)14-12(19)8-2-4-10-15-16-17-18(10)7-8/h2-7H,1H3,(H,14,19). The Balaban J connectivity index is 1.80. The molecule has 3 heterocycles. The first kappa shape index (κ1) is 12.0. The second-order valence-electron chi connectivity index (χ2n) is 3.94. The molecule has 100 valence electrons. The average molecular weight is 270 g/mol. The van der Waals surface area contributed by atoms with E-state index in [-0.39, 0.29) is 5.91 Å². The van der Waals surface area contributed by atoms with Gasteiger partial charge in [0.1, 0.15) is 0 Å². The Bertz CT molecular complexity index is 752. The molecular weight excluding hydrogens is 260 g/mol. The van der Waals surface area contributed by atoms with E-state index < -0.39 is 0 Å². The van der Waals surface area contributed by atoms with Gasteiger partial charge in [-0.2, -0.15) is 4.52 Å². The Morgan fingerprint density at radius 3 is 2.95 bits per heavy atom.